The molecule has 2 aromatic carbocycles. The van der Waals surface area contributed by atoms with Crippen LogP contribution in [0.1, 0.15) is 24.9 Å². The van der Waals surface area contributed by atoms with Crippen LogP contribution in [0.3, 0.4) is 0 Å². The van der Waals surface area contributed by atoms with Gasteiger partial charge in [-0.25, -0.2) is 0 Å². The molecule has 0 spiro atoms. The molecule has 0 N–H and O–H groups in total. The lowest BCUT2D eigenvalue weighted by atomic mass is 9.98. The van der Waals surface area contributed by atoms with E-state index in [1.165, 1.54) is 21.9 Å². The van der Waals surface area contributed by atoms with Crippen LogP contribution in [-0.2, 0) is 0 Å². The number of fused-ring (bicyclic) bond motifs is 2. The fraction of sp³-hybridized carbons (Fsp3) is 0.250. The first-order chi connectivity index (χ1) is 11.2. The monoisotopic (exact) mass is 304 g/mol. The summed E-state index contributed by atoms with van der Waals surface area (Å²) in [5.41, 5.74) is 2.54. The van der Waals surface area contributed by atoms with Crippen molar-refractivity contribution in [1.82, 2.24) is 4.90 Å². The van der Waals surface area contributed by atoms with Crippen molar-refractivity contribution in [3.05, 3.63) is 65.9 Å². The summed E-state index contributed by atoms with van der Waals surface area (Å²) in [7, 11) is 1.70. The quantitative estimate of drug-likeness (QED) is 0.818. The number of benzene rings is 2. The summed E-state index contributed by atoms with van der Waals surface area (Å²) >= 11 is 0. The van der Waals surface area contributed by atoms with Gasteiger partial charge in [0.25, 0.3) is 0 Å². The van der Waals surface area contributed by atoms with Gasteiger partial charge >= 0.3 is 0 Å². The van der Waals surface area contributed by atoms with Crippen LogP contribution in [0.5, 0.6) is 5.75 Å². The third-order valence-corrected chi connectivity index (χ3v) is 4.56. The average Bonchev–Trinajstić information content (AvgIpc) is 2.60. The van der Waals surface area contributed by atoms with Crippen LogP contribution in [-0.4, -0.2) is 24.4 Å². The molecule has 0 fully saturated rings. The predicted molar refractivity (Wildman–Crippen MR) is 94.9 cm³/mol. The SMILES string of the molecule is COc1ccc2cc(C3CCN4C=CC(C)=CC4=N3)ccc2c1. The van der Waals surface area contributed by atoms with Crippen molar-refractivity contribution < 1.29 is 4.74 Å². The van der Waals surface area contributed by atoms with E-state index in [2.05, 4.69) is 60.5 Å². The molecule has 3 heteroatoms. The van der Waals surface area contributed by atoms with Gasteiger partial charge in [0.1, 0.15) is 11.6 Å². The van der Waals surface area contributed by atoms with Crippen LogP contribution < -0.4 is 4.74 Å². The molecule has 0 amide bonds. The highest BCUT2D eigenvalue weighted by atomic mass is 16.5. The minimum atomic E-state index is 0.239. The van der Waals surface area contributed by atoms with Crippen molar-refractivity contribution in [2.45, 2.75) is 19.4 Å². The van der Waals surface area contributed by atoms with E-state index in [4.69, 9.17) is 9.73 Å². The van der Waals surface area contributed by atoms with Crippen LogP contribution in [0.4, 0.5) is 0 Å². The molecule has 116 valence electrons. The molecule has 0 saturated heterocycles. The number of methoxy groups -OCH3 is 1. The van der Waals surface area contributed by atoms with E-state index in [0.29, 0.717) is 0 Å². The Hall–Kier alpha value is -2.55. The molecule has 2 aliphatic rings. The van der Waals surface area contributed by atoms with Gasteiger partial charge in [-0.2, -0.15) is 0 Å². The average molecular weight is 304 g/mol. The molecule has 3 nitrogen and oxygen atoms in total. The van der Waals surface area contributed by atoms with E-state index >= 15 is 0 Å². The molecule has 4 rings (SSSR count). The second kappa shape index (κ2) is 5.58. The normalized spacial score (nSPS) is 20.1. The summed E-state index contributed by atoms with van der Waals surface area (Å²) in [5, 5.41) is 2.44. The van der Waals surface area contributed by atoms with Gasteiger partial charge in [0, 0.05) is 12.7 Å². The molecule has 23 heavy (non-hydrogen) atoms. The molecule has 0 aromatic heterocycles. The molecular weight excluding hydrogens is 284 g/mol. The van der Waals surface area contributed by atoms with E-state index in [9.17, 15) is 0 Å². The molecule has 0 saturated carbocycles. The Morgan fingerprint density at radius 2 is 1.96 bits per heavy atom. The van der Waals surface area contributed by atoms with Gasteiger partial charge in [0.2, 0.25) is 0 Å². The zero-order valence-corrected chi connectivity index (χ0v) is 13.5. The number of allylic oxidation sites excluding steroid dienone is 2. The molecule has 1 atom stereocenters. The van der Waals surface area contributed by atoms with Crippen molar-refractivity contribution in [3.63, 3.8) is 0 Å². The van der Waals surface area contributed by atoms with Crippen LogP contribution in [0.2, 0.25) is 0 Å². The number of hydrogen-bond acceptors (Lipinski definition) is 3. The fourth-order valence-corrected chi connectivity index (χ4v) is 3.22. The van der Waals surface area contributed by atoms with E-state index in [0.717, 1.165) is 24.6 Å². The highest BCUT2D eigenvalue weighted by Gasteiger charge is 2.21. The minimum Gasteiger partial charge on any atom is -0.497 e. The van der Waals surface area contributed by atoms with Crippen LogP contribution in [0.15, 0.2) is 65.3 Å². The van der Waals surface area contributed by atoms with Crippen molar-refractivity contribution in [3.8, 4) is 5.75 Å². The Labute approximate surface area is 136 Å². The lowest BCUT2D eigenvalue weighted by Gasteiger charge is -2.31. The van der Waals surface area contributed by atoms with Crippen molar-refractivity contribution in [2.75, 3.05) is 13.7 Å². The third kappa shape index (κ3) is 2.63. The summed E-state index contributed by atoms with van der Waals surface area (Å²) in [5.74, 6) is 1.98. The smallest absolute Gasteiger partial charge is 0.128 e. The number of hydrogen-bond donors (Lipinski definition) is 0. The number of aliphatic imine (C=N–C) groups is 1. The lowest BCUT2D eigenvalue weighted by molar-refractivity contribution is 0.415. The zero-order chi connectivity index (χ0) is 15.8. The second-order valence-electron chi connectivity index (χ2n) is 6.16. The molecule has 2 aliphatic heterocycles. The number of ether oxygens (including phenoxy) is 1. The maximum atomic E-state index is 5.30. The topological polar surface area (TPSA) is 24.8 Å². The first-order valence-electron chi connectivity index (χ1n) is 8.01. The lowest BCUT2D eigenvalue weighted by Crippen LogP contribution is -2.32. The number of amidine groups is 1. The van der Waals surface area contributed by atoms with Crippen LogP contribution >= 0.6 is 0 Å². The summed E-state index contributed by atoms with van der Waals surface area (Å²) in [4.78, 5) is 7.19. The van der Waals surface area contributed by atoms with Gasteiger partial charge in [-0.3, -0.25) is 4.99 Å². The Bertz CT molecular complexity index is 848. The van der Waals surface area contributed by atoms with Gasteiger partial charge in [-0.15, -0.1) is 0 Å². The third-order valence-electron chi connectivity index (χ3n) is 4.56. The summed E-state index contributed by atoms with van der Waals surface area (Å²) in [6.07, 6.45) is 7.49. The highest BCUT2D eigenvalue weighted by molar-refractivity contribution is 5.96. The van der Waals surface area contributed by atoms with Gasteiger partial charge in [0.05, 0.1) is 13.2 Å². The first kappa shape index (κ1) is 14.1. The van der Waals surface area contributed by atoms with Crippen molar-refractivity contribution in [2.24, 2.45) is 4.99 Å². The van der Waals surface area contributed by atoms with Crippen molar-refractivity contribution in [1.29, 1.82) is 0 Å². The highest BCUT2D eigenvalue weighted by Crippen LogP contribution is 2.31. The van der Waals surface area contributed by atoms with Gasteiger partial charge < -0.3 is 9.64 Å². The Balaban J connectivity index is 1.69. The minimum absolute atomic E-state index is 0.239. The largest absolute Gasteiger partial charge is 0.497 e. The molecule has 2 aromatic rings. The molecule has 0 bridgehead atoms. The summed E-state index contributed by atoms with van der Waals surface area (Å²) in [6, 6.07) is 13.1. The Morgan fingerprint density at radius 3 is 2.83 bits per heavy atom. The second-order valence-corrected chi connectivity index (χ2v) is 6.16. The maximum absolute atomic E-state index is 5.30. The van der Waals surface area contributed by atoms with Gasteiger partial charge in [-0.1, -0.05) is 18.2 Å². The molecule has 2 heterocycles. The van der Waals surface area contributed by atoms with Crippen LogP contribution in [0, 0.1) is 0 Å². The molecular formula is C20H20N2O. The van der Waals surface area contributed by atoms with E-state index in [1.54, 1.807) is 7.11 Å². The zero-order valence-electron chi connectivity index (χ0n) is 13.5. The predicted octanol–water partition coefficient (Wildman–Crippen LogP) is 4.47. The van der Waals surface area contributed by atoms with Gasteiger partial charge in [0.15, 0.2) is 0 Å². The van der Waals surface area contributed by atoms with E-state index in [1.807, 2.05) is 6.07 Å². The van der Waals surface area contributed by atoms with E-state index < -0.39 is 0 Å². The maximum Gasteiger partial charge on any atom is 0.128 e. The van der Waals surface area contributed by atoms with Crippen LogP contribution in [0.25, 0.3) is 10.8 Å². The Kier molecular flexibility index (Phi) is 3.41. The molecule has 0 radical (unpaired) electrons. The van der Waals surface area contributed by atoms with Crippen molar-refractivity contribution >= 4 is 16.6 Å². The summed E-state index contributed by atoms with van der Waals surface area (Å²) < 4.78 is 5.30. The van der Waals surface area contributed by atoms with Gasteiger partial charge in [-0.05, 0) is 65.6 Å². The summed E-state index contributed by atoms with van der Waals surface area (Å²) in [6.45, 7) is 3.13. The molecule has 1 unspecified atom stereocenters. The standard InChI is InChI=1S/C20H20N2O/c1-14-7-9-22-10-8-19(21-20(22)11-14)17-4-3-16-13-18(23-2)6-5-15(16)12-17/h3-7,9,11-13,19H,8,10H2,1-2H3. The molecule has 0 aliphatic carbocycles. The number of nitrogens with zero attached hydrogens (tertiary/aromatic N) is 2. The fourth-order valence-electron chi connectivity index (χ4n) is 3.22. The Morgan fingerprint density at radius 1 is 1.13 bits per heavy atom. The first-order valence-corrected chi connectivity index (χ1v) is 8.01. The number of rotatable bonds is 2. The van der Waals surface area contributed by atoms with E-state index in [-0.39, 0.29) is 6.04 Å².